The second-order valence-corrected chi connectivity index (χ2v) is 13.9. The number of nitrogens with zero attached hydrogens (tertiary/aromatic N) is 1. The van der Waals surface area contributed by atoms with Crippen molar-refractivity contribution in [1.29, 1.82) is 0 Å². The maximum atomic E-state index is 12.6. The molecule has 0 heterocycles. The molecule has 3 unspecified atom stereocenters. The van der Waals surface area contributed by atoms with Gasteiger partial charge in [0.15, 0.2) is 0 Å². The Bertz CT molecular complexity index is 923. The average Bonchev–Trinajstić information content (AvgIpc) is 2.97. The summed E-state index contributed by atoms with van der Waals surface area (Å²) in [4.78, 5) is 24.9. The largest absolute Gasteiger partial charge is 0.756 e. The van der Waals surface area contributed by atoms with Gasteiger partial charge in [-0.15, -0.1) is 0 Å². The average molecular weight is 653 g/mol. The zero-order valence-electron chi connectivity index (χ0n) is 29.0. The van der Waals surface area contributed by atoms with Gasteiger partial charge in [-0.05, 0) is 51.4 Å². The lowest BCUT2D eigenvalue weighted by Crippen LogP contribution is -2.45. The molecule has 0 aromatic rings. The number of aliphatic hydroxyl groups excluding tert-OH is 1. The van der Waals surface area contributed by atoms with Gasteiger partial charge in [-0.2, -0.15) is 0 Å². The lowest BCUT2D eigenvalue weighted by atomic mass is 10.1. The molecule has 1 amide bonds. The summed E-state index contributed by atoms with van der Waals surface area (Å²) in [6.07, 6.45) is 34.6. The normalized spacial score (nSPS) is 15.6. The molecule has 260 valence electrons. The van der Waals surface area contributed by atoms with E-state index in [-0.39, 0.29) is 12.5 Å². The molecule has 2 N–H and O–H groups in total. The van der Waals surface area contributed by atoms with E-state index in [9.17, 15) is 19.4 Å². The molecule has 0 aromatic heterocycles. The standard InChI is InChI=1S/C36H65N2O6P/c1-6-8-10-12-13-14-15-16-17-18-19-20-21-22-23-24-25-26-28-30-36(40)37-34(35(39)29-27-11-9-7-2)33-44-45(41,42)43-32-31-38(3,4)5/h8,10,13-14,16-17,19-20,27,29,34-35,39H,6-7,9,11-12,15,18,21-26,28,30-33H2,1-5H3,(H-,37,40,41,42)/b10-8-,14-13-,17-16-,20-19-,29-27+. The van der Waals surface area contributed by atoms with E-state index < -0.39 is 26.6 Å². The van der Waals surface area contributed by atoms with Gasteiger partial charge in [0.1, 0.15) is 13.2 Å². The number of likely N-dealkylation sites (N-methyl/N-ethyl adjacent to an activating group) is 1. The van der Waals surface area contributed by atoms with Gasteiger partial charge in [-0.1, -0.05) is 113 Å². The van der Waals surface area contributed by atoms with Gasteiger partial charge in [0.2, 0.25) is 5.91 Å². The fourth-order valence-corrected chi connectivity index (χ4v) is 4.91. The molecular weight excluding hydrogens is 587 g/mol. The van der Waals surface area contributed by atoms with Crippen LogP contribution in [0.3, 0.4) is 0 Å². The van der Waals surface area contributed by atoms with E-state index in [1.165, 1.54) is 12.8 Å². The van der Waals surface area contributed by atoms with Crippen molar-refractivity contribution < 1.29 is 32.9 Å². The molecule has 3 atom stereocenters. The zero-order valence-corrected chi connectivity index (χ0v) is 29.9. The predicted octanol–water partition coefficient (Wildman–Crippen LogP) is 7.71. The smallest absolute Gasteiger partial charge is 0.268 e. The predicted molar refractivity (Wildman–Crippen MR) is 187 cm³/mol. The quantitative estimate of drug-likeness (QED) is 0.0371. The zero-order chi connectivity index (χ0) is 33.7. The van der Waals surface area contributed by atoms with E-state index in [4.69, 9.17) is 9.05 Å². The van der Waals surface area contributed by atoms with Crippen LogP contribution in [0.5, 0.6) is 0 Å². The van der Waals surface area contributed by atoms with Gasteiger partial charge in [-0.25, -0.2) is 0 Å². The van der Waals surface area contributed by atoms with Crippen LogP contribution in [0.2, 0.25) is 0 Å². The van der Waals surface area contributed by atoms with Crippen molar-refractivity contribution in [2.75, 3.05) is 40.9 Å². The van der Waals surface area contributed by atoms with E-state index >= 15 is 0 Å². The van der Waals surface area contributed by atoms with Gasteiger partial charge in [0.25, 0.3) is 7.82 Å². The molecule has 9 heteroatoms. The number of carbonyl (C=O) groups excluding carboxylic acids is 1. The van der Waals surface area contributed by atoms with Crippen LogP contribution in [0, 0.1) is 0 Å². The Balaban J connectivity index is 4.28. The van der Waals surface area contributed by atoms with Crippen LogP contribution >= 0.6 is 7.82 Å². The van der Waals surface area contributed by atoms with Gasteiger partial charge in [0.05, 0.1) is 39.9 Å². The Labute approximate surface area is 275 Å². The van der Waals surface area contributed by atoms with Gasteiger partial charge in [-0.3, -0.25) is 9.36 Å². The van der Waals surface area contributed by atoms with Crippen LogP contribution in [-0.4, -0.2) is 68.5 Å². The number of rotatable bonds is 29. The van der Waals surface area contributed by atoms with E-state index in [1.54, 1.807) is 6.08 Å². The minimum Gasteiger partial charge on any atom is -0.756 e. The number of phosphoric ester groups is 1. The monoisotopic (exact) mass is 652 g/mol. The summed E-state index contributed by atoms with van der Waals surface area (Å²) in [5.41, 5.74) is 0. The third-order valence-corrected chi connectivity index (χ3v) is 7.95. The molecule has 0 radical (unpaired) electrons. The minimum absolute atomic E-state index is 0.00872. The number of aliphatic hydroxyl groups is 1. The van der Waals surface area contributed by atoms with Gasteiger partial charge < -0.3 is 28.8 Å². The number of hydrogen-bond acceptors (Lipinski definition) is 6. The van der Waals surface area contributed by atoms with Crippen LogP contribution in [0.25, 0.3) is 0 Å². The molecule has 0 aliphatic carbocycles. The van der Waals surface area contributed by atoms with E-state index in [1.807, 2.05) is 27.2 Å². The molecule has 8 nitrogen and oxygen atoms in total. The Hall–Kier alpha value is -1.80. The first-order valence-electron chi connectivity index (χ1n) is 17.2. The molecule has 0 aliphatic heterocycles. The highest BCUT2D eigenvalue weighted by Crippen LogP contribution is 2.38. The summed E-state index contributed by atoms with van der Waals surface area (Å²) >= 11 is 0. The van der Waals surface area contributed by atoms with E-state index in [0.717, 1.165) is 77.0 Å². The summed E-state index contributed by atoms with van der Waals surface area (Å²) in [5, 5.41) is 13.4. The van der Waals surface area contributed by atoms with Crippen molar-refractivity contribution in [3.63, 3.8) is 0 Å². The molecule has 0 bridgehead atoms. The molecule has 0 fully saturated rings. The first kappa shape index (κ1) is 43.2. The highest BCUT2D eigenvalue weighted by molar-refractivity contribution is 7.45. The lowest BCUT2D eigenvalue weighted by Gasteiger charge is -2.29. The maximum absolute atomic E-state index is 12.6. The first-order valence-corrected chi connectivity index (χ1v) is 18.6. The van der Waals surface area contributed by atoms with Gasteiger partial charge >= 0.3 is 0 Å². The van der Waals surface area contributed by atoms with Crippen LogP contribution in [0.1, 0.15) is 110 Å². The number of nitrogens with one attached hydrogen (secondary N) is 1. The molecule has 0 saturated carbocycles. The number of phosphoric acid groups is 1. The molecule has 0 aliphatic rings. The summed E-state index contributed by atoms with van der Waals surface area (Å²) in [7, 11) is 1.23. The van der Waals surface area contributed by atoms with Gasteiger partial charge in [0, 0.05) is 6.42 Å². The van der Waals surface area contributed by atoms with Crippen molar-refractivity contribution in [1.82, 2.24) is 5.32 Å². The second kappa shape index (κ2) is 28.4. The Morgan fingerprint density at radius 3 is 1.96 bits per heavy atom. The number of quaternary nitrogens is 1. The minimum atomic E-state index is -4.57. The van der Waals surface area contributed by atoms with Crippen molar-refractivity contribution in [2.45, 2.75) is 122 Å². The summed E-state index contributed by atoms with van der Waals surface area (Å²) in [6.45, 7) is 4.32. The van der Waals surface area contributed by atoms with Crippen molar-refractivity contribution in [3.8, 4) is 0 Å². The van der Waals surface area contributed by atoms with Crippen LogP contribution in [-0.2, 0) is 18.4 Å². The molecule has 0 rings (SSSR count). The molecule has 0 spiro atoms. The summed E-state index contributed by atoms with van der Waals surface area (Å²) in [5.74, 6) is -0.226. The van der Waals surface area contributed by atoms with Crippen molar-refractivity contribution in [3.05, 3.63) is 60.8 Å². The molecule has 45 heavy (non-hydrogen) atoms. The molecule has 0 saturated heterocycles. The second-order valence-electron chi connectivity index (χ2n) is 12.5. The Kier molecular flexibility index (Phi) is 27.3. The lowest BCUT2D eigenvalue weighted by molar-refractivity contribution is -0.870. The highest BCUT2D eigenvalue weighted by atomic mass is 31.2. The summed E-state index contributed by atoms with van der Waals surface area (Å²) < 4.78 is 22.8. The third kappa shape index (κ3) is 30.6. The SMILES string of the molecule is CC/C=C\C/C=C\C/C=C\C/C=C\CCCCCCCCC(=O)NC(COP(=O)([O-])OCC[N+](C)(C)C)C(O)/C=C/CCCC. The van der Waals surface area contributed by atoms with Crippen molar-refractivity contribution >= 4 is 13.7 Å². The number of unbranched alkanes of at least 4 members (excludes halogenated alkanes) is 8. The first-order chi connectivity index (χ1) is 21.5. The summed E-state index contributed by atoms with van der Waals surface area (Å²) in [6, 6.07) is -0.891. The number of amides is 1. The molecular formula is C36H65N2O6P. The maximum Gasteiger partial charge on any atom is 0.268 e. The van der Waals surface area contributed by atoms with E-state index in [2.05, 4.69) is 67.8 Å². The fraction of sp³-hybridized carbons (Fsp3) is 0.694. The Morgan fingerprint density at radius 1 is 0.800 bits per heavy atom. The number of allylic oxidation sites excluding steroid dienone is 9. The third-order valence-electron chi connectivity index (χ3n) is 6.98. The number of hydrogen-bond donors (Lipinski definition) is 2. The fourth-order valence-electron chi connectivity index (χ4n) is 4.18. The highest BCUT2D eigenvalue weighted by Gasteiger charge is 2.23. The van der Waals surface area contributed by atoms with Crippen LogP contribution in [0.4, 0.5) is 0 Å². The topological polar surface area (TPSA) is 108 Å². The molecule has 0 aromatic carbocycles. The van der Waals surface area contributed by atoms with E-state index in [0.29, 0.717) is 17.4 Å². The number of carbonyl (C=O) groups is 1. The van der Waals surface area contributed by atoms with Crippen molar-refractivity contribution in [2.24, 2.45) is 0 Å². The van der Waals surface area contributed by atoms with Crippen LogP contribution < -0.4 is 10.2 Å². The Morgan fingerprint density at radius 2 is 1.36 bits per heavy atom. The van der Waals surface area contributed by atoms with Crippen LogP contribution in [0.15, 0.2) is 60.8 Å².